The topological polar surface area (TPSA) is 129 Å². The molecule has 1 heterocycles. The largest absolute Gasteiger partial charge is 0.508 e. The molecule has 0 unspecified atom stereocenters. The molecule has 1 aliphatic rings. The third kappa shape index (κ3) is 4.80. The Morgan fingerprint density at radius 3 is 2.42 bits per heavy atom. The van der Waals surface area contributed by atoms with Crippen molar-refractivity contribution in [1.29, 1.82) is 0 Å². The van der Waals surface area contributed by atoms with Gasteiger partial charge in [0.25, 0.3) is 10.0 Å². The number of amidine groups is 1. The summed E-state index contributed by atoms with van der Waals surface area (Å²) in [5, 5.41) is 27.9. The van der Waals surface area contributed by atoms with Crippen LogP contribution in [0.15, 0.2) is 70.7 Å². The van der Waals surface area contributed by atoms with E-state index in [1.54, 1.807) is 42.5 Å². The Morgan fingerprint density at radius 2 is 1.70 bits per heavy atom. The zero-order valence-corrected chi connectivity index (χ0v) is 18.8. The number of sulfonamides is 1. The van der Waals surface area contributed by atoms with E-state index in [-0.39, 0.29) is 40.5 Å². The predicted octanol–water partition coefficient (Wildman–Crippen LogP) is 3.70. The third-order valence-electron chi connectivity index (χ3n) is 4.99. The molecule has 4 rings (SSSR count). The van der Waals surface area contributed by atoms with Crippen LogP contribution < -0.4 is 19.6 Å². The van der Waals surface area contributed by atoms with Gasteiger partial charge in [-0.25, -0.2) is 0 Å². The van der Waals surface area contributed by atoms with E-state index < -0.39 is 10.0 Å². The Morgan fingerprint density at radius 1 is 0.970 bits per heavy atom. The van der Waals surface area contributed by atoms with Crippen LogP contribution in [0, 0.1) is 0 Å². The van der Waals surface area contributed by atoms with Crippen molar-refractivity contribution in [3.63, 3.8) is 0 Å². The standard InChI is InChI=1S/C23H23N3O6S/c1-14(2)17-11-18(20(28)12-19(17)27)23(24-15-8-9-21-22(10-15)32-13-31-21)25-26-33(29,30)16-6-4-3-5-7-16/h3-12,14,26-28H,13H2,1-2H3,(H,24,25). The first-order chi connectivity index (χ1) is 15.7. The maximum Gasteiger partial charge on any atom is 0.276 e. The lowest BCUT2D eigenvalue weighted by Gasteiger charge is -2.16. The van der Waals surface area contributed by atoms with Crippen LogP contribution in [0.1, 0.15) is 30.9 Å². The number of nitrogens with one attached hydrogen (secondary N) is 2. The van der Waals surface area contributed by atoms with Crippen LogP contribution in [0.2, 0.25) is 0 Å². The van der Waals surface area contributed by atoms with Crippen LogP contribution in [0.25, 0.3) is 0 Å². The first-order valence-corrected chi connectivity index (χ1v) is 11.6. The number of phenols is 2. The molecule has 10 heteroatoms. The van der Waals surface area contributed by atoms with Gasteiger partial charge in [-0.1, -0.05) is 32.0 Å². The maximum absolute atomic E-state index is 12.7. The third-order valence-corrected chi connectivity index (χ3v) is 6.21. The monoisotopic (exact) mass is 469 g/mol. The summed E-state index contributed by atoms with van der Waals surface area (Å²) in [6, 6.07) is 15.6. The Balaban J connectivity index is 1.75. The van der Waals surface area contributed by atoms with Gasteiger partial charge < -0.3 is 25.0 Å². The molecule has 9 nitrogen and oxygen atoms in total. The number of hydrazone groups is 1. The molecular formula is C23H23N3O6S. The number of hydrogen-bond acceptors (Lipinski definition) is 7. The highest BCUT2D eigenvalue weighted by molar-refractivity contribution is 7.89. The minimum atomic E-state index is -3.97. The Hall–Kier alpha value is -3.92. The number of aromatic hydroxyl groups is 2. The van der Waals surface area contributed by atoms with Gasteiger partial charge in [-0.05, 0) is 41.8 Å². The number of hydrogen-bond donors (Lipinski definition) is 4. The fourth-order valence-electron chi connectivity index (χ4n) is 3.27. The Labute approximate surface area is 191 Å². The van der Waals surface area contributed by atoms with Gasteiger partial charge in [-0.15, -0.1) is 5.10 Å². The summed E-state index contributed by atoms with van der Waals surface area (Å²) < 4.78 is 36.1. The number of anilines is 1. The van der Waals surface area contributed by atoms with Crippen molar-refractivity contribution in [2.75, 3.05) is 12.1 Å². The molecule has 0 fully saturated rings. The van der Waals surface area contributed by atoms with Crippen molar-refractivity contribution in [2.45, 2.75) is 24.7 Å². The summed E-state index contributed by atoms with van der Waals surface area (Å²) >= 11 is 0. The number of rotatable bonds is 6. The van der Waals surface area contributed by atoms with E-state index in [1.165, 1.54) is 18.2 Å². The molecule has 172 valence electrons. The summed E-state index contributed by atoms with van der Waals surface area (Å²) in [4.78, 5) is 2.24. The molecule has 0 aromatic heterocycles. The molecule has 3 aromatic carbocycles. The minimum absolute atomic E-state index is 0.0211. The molecule has 0 bridgehead atoms. The Bertz CT molecular complexity index is 1310. The van der Waals surface area contributed by atoms with Crippen molar-refractivity contribution in [3.05, 3.63) is 71.8 Å². The second-order valence-corrected chi connectivity index (χ2v) is 9.30. The zero-order valence-electron chi connectivity index (χ0n) is 17.9. The highest BCUT2D eigenvalue weighted by Crippen LogP contribution is 2.36. The first-order valence-electron chi connectivity index (χ1n) is 10.1. The summed E-state index contributed by atoms with van der Waals surface area (Å²) in [6.45, 7) is 3.87. The second kappa shape index (κ2) is 8.91. The summed E-state index contributed by atoms with van der Waals surface area (Å²) in [7, 11) is -3.97. The average molecular weight is 470 g/mol. The van der Waals surface area contributed by atoms with Gasteiger partial charge >= 0.3 is 0 Å². The molecule has 0 saturated heterocycles. The van der Waals surface area contributed by atoms with Crippen LogP contribution in [0.5, 0.6) is 23.0 Å². The van der Waals surface area contributed by atoms with Gasteiger partial charge in [0.1, 0.15) is 11.5 Å². The maximum atomic E-state index is 12.7. The highest BCUT2D eigenvalue weighted by Gasteiger charge is 2.20. The minimum Gasteiger partial charge on any atom is -0.508 e. The number of benzene rings is 3. The summed E-state index contributed by atoms with van der Waals surface area (Å²) in [6.07, 6.45) is 0. The summed E-state index contributed by atoms with van der Waals surface area (Å²) in [5.41, 5.74) is 1.29. The molecule has 0 amide bonds. The van der Waals surface area contributed by atoms with Gasteiger partial charge in [-0.2, -0.15) is 13.2 Å². The molecule has 0 radical (unpaired) electrons. The van der Waals surface area contributed by atoms with Gasteiger partial charge in [0.15, 0.2) is 17.3 Å². The number of nitrogens with zero attached hydrogens (tertiary/aromatic N) is 1. The smallest absolute Gasteiger partial charge is 0.276 e. The second-order valence-electron chi connectivity index (χ2n) is 7.64. The SMILES string of the molecule is CC(C)c1cc(/C(=N/NS(=O)(=O)c2ccccc2)Nc2ccc3c(c2)OCO3)c(O)cc1O. The van der Waals surface area contributed by atoms with E-state index in [9.17, 15) is 18.6 Å². The lowest BCUT2D eigenvalue weighted by molar-refractivity contribution is 0.174. The molecule has 0 aliphatic carbocycles. The van der Waals surface area contributed by atoms with Crippen molar-refractivity contribution in [1.82, 2.24) is 4.83 Å². The van der Waals surface area contributed by atoms with Crippen LogP contribution >= 0.6 is 0 Å². The highest BCUT2D eigenvalue weighted by atomic mass is 32.2. The molecule has 0 atom stereocenters. The van der Waals surface area contributed by atoms with Gasteiger partial charge in [0.05, 0.1) is 10.5 Å². The predicted molar refractivity (Wildman–Crippen MR) is 123 cm³/mol. The molecular weight excluding hydrogens is 446 g/mol. The van der Waals surface area contributed by atoms with E-state index in [4.69, 9.17) is 9.47 Å². The quantitative estimate of drug-likeness (QED) is 0.246. The normalized spacial score (nSPS) is 13.2. The van der Waals surface area contributed by atoms with E-state index in [0.717, 1.165) is 0 Å². The van der Waals surface area contributed by atoms with Crippen molar-refractivity contribution < 1.29 is 28.1 Å². The molecule has 1 aliphatic heterocycles. The summed E-state index contributed by atoms with van der Waals surface area (Å²) in [5.74, 6) is 0.715. The molecule has 4 N–H and O–H groups in total. The van der Waals surface area contributed by atoms with Crippen molar-refractivity contribution in [3.8, 4) is 23.0 Å². The average Bonchev–Trinajstić information content (AvgIpc) is 3.25. The molecule has 33 heavy (non-hydrogen) atoms. The van der Waals surface area contributed by atoms with E-state index in [0.29, 0.717) is 22.7 Å². The van der Waals surface area contributed by atoms with Crippen molar-refractivity contribution >= 4 is 21.5 Å². The van der Waals surface area contributed by atoms with Gasteiger partial charge in [-0.3, -0.25) is 0 Å². The Kier molecular flexibility index (Phi) is 6.01. The van der Waals surface area contributed by atoms with Crippen molar-refractivity contribution in [2.24, 2.45) is 5.10 Å². The lowest BCUT2D eigenvalue weighted by atomic mass is 9.98. The van der Waals surface area contributed by atoms with Crippen LogP contribution in [-0.4, -0.2) is 31.3 Å². The van der Waals surface area contributed by atoms with Crippen LogP contribution in [0.4, 0.5) is 5.69 Å². The van der Waals surface area contributed by atoms with Gasteiger partial charge in [0, 0.05) is 17.8 Å². The van der Waals surface area contributed by atoms with Crippen LogP contribution in [0.3, 0.4) is 0 Å². The molecule has 0 spiro atoms. The number of ether oxygens (including phenoxy) is 2. The number of fused-ring (bicyclic) bond motifs is 1. The molecule has 3 aromatic rings. The van der Waals surface area contributed by atoms with E-state index in [1.807, 2.05) is 13.8 Å². The zero-order chi connectivity index (χ0) is 23.6. The van der Waals surface area contributed by atoms with Crippen LogP contribution in [-0.2, 0) is 10.0 Å². The van der Waals surface area contributed by atoms with Gasteiger partial charge in [0.2, 0.25) is 6.79 Å². The lowest BCUT2D eigenvalue weighted by Crippen LogP contribution is -2.24. The van der Waals surface area contributed by atoms with E-state index in [2.05, 4.69) is 15.2 Å². The number of phenolic OH excluding ortho intramolecular Hbond substituents is 2. The van der Waals surface area contributed by atoms with E-state index >= 15 is 0 Å². The fourth-order valence-corrected chi connectivity index (χ4v) is 4.10. The molecule has 0 saturated carbocycles. The fraction of sp³-hybridized carbons (Fsp3) is 0.174. The first kappa shape index (κ1) is 22.3.